The lowest BCUT2D eigenvalue weighted by atomic mass is 10.1. The summed E-state index contributed by atoms with van der Waals surface area (Å²) in [4.78, 5) is 34.4. The molecule has 0 aliphatic heterocycles. The van der Waals surface area contributed by atoms with Crippen molar-refractivity contribution in [1.82, 2.24) is 5.32 Å². The van der Waals surface area contributed by atoms with Crippen LogP contribution in [0.5, 0.6) is 5.75 Å². The van der Waals surface area contributed by atoms with Gasteiger partial charge < -0.3 is 15.4 Å². The van der Waals surface area contributed by atoms with Crippen LogP contribution >= 0.6 is 0 Å². The molecule has 25 heavy (non-hydrogen) atoms. The number of anilines is 1. The quantitative estimate of drug-likeness (QED) is 0.617. The zero-order valence-corrected chi connectivity index (χ0v) is 13.7. The van der Waals surface area contributed by atoms with Crippen LogP contribution in [0.2, 0.25) is 0 Å². The molecule has 0 radical (unpaired) electrons. The summed E-state index contributed by atoms with van der Waals surface area (Å²) in [5, 5.41) is 15.9. The van der Waals surface area contributed by atoms with E-state index in [0.717, 1.165) is 5.56 Å². The molecular weight excluding hydrogens is 326 g/mol. The molecule has 0 aliphatic rings. The van der Waals surface area contributed by atoms with Crippen molar-refractivity contribution < 1.29 is 19.2 Å². The van der Waals surface area contributed by atoms with E-state index in [2.05, 4.69) is 10.6 Å². The molecule has 0 fully saturated rings. The van der Waals surface area contributed by atoms with Gasteiger partial charge in [-0.05, 0) is 30.7 Å². The molecule has 0 unspecified atom stereocenters. The Bertz CT molecular complexity index is 820. The van der Waals surface area contributed by atoms with E-state index in [1.165, 1.54) is 31.4 Å². The second-order valence-corrected chi connectivity index (χ2v) is 5.21. The van der Waals surface area contributed by atoms with Gasteiger partial charge in [-0.15, -0.1) is 0 Å². The first kappa shape index (κ1) is 17.9. The molecule has 2 amide bonds. The lowest BCUT2D eigenvalue weighted by Gasteiger charge is -2.11. The molecule has 2 aromatic carbocycles. The Kier molecular flexibility index (Phi) is 5.67. The number of nitrogens with one attached hydrogen (secondary N) is 2. The van der Waals surface area contributed by atoms with Crippen molar-refractivity contribution >= 4 is 23.2 Å². The van der Waals surface area contributed by atoms with Crippen LogP contribution in [0.1, 0.15) is 15.9 Å². The van der Waals surface area contributed by atoms with Gasteiger partial charge in [-0.25, -0.2) is 0 Å². The Hall–Kier alpha value is -3.42. The third kappa shape index (κ3) is 4.54. The number of carbonyl (C=O) groups is 2. The SMILES string of the molecule is COc1ccc(C)cc1NC(=O)CNC(=O)c1ccccc1[N+](=O)[O-]. The number of rotatable bonds is 6. The fourth-order valence-corrected chi connectivity index (χ4v) is 2.19. The predicted octanol–water partition coefficient (Wildman–Crippen LogP) is 2.28. The van der Waals surface area contributed by atoms with Crippen LogP contribution in [0.25, 0.3) is 0 Å². The van der Waals surface area contributed by atoms with E-state index < -0.39 is 16.7 Å². The molecule has 2 N–H and O–H groups in total. The largest absolute Gasteiger partial charge is 0.495 e. The fraction of sp³-hybridized carbons (Fsp3) is 0.176. The molecular formula is C17H17N3O5. The summed E-state index contributed by atoms with van der Waals surface area (Å²) in [6.07, 6.45) is 0. The smallest absolute Gasteiger partial charge is 0.282 e. The summed E-state index contributed by atoms with van der Waals surface area (Å²) in [7, 11) is 1.48. The van der Waals surface area contributed by atoms with Gasteiger partial charge in [-0.1, -0.05) is 18.2 Å². The van der Waals surface area contributed by atoms with Crippen LogP contribution in [0, 0.1) is 17.0 Å². The zero-order chi connectivity index (χ0) is 18.4. The first-order valence-corrected chi connectivity index (χ1v) is 7.38. The molecule has 8 nitrogen and oxygen atoms in total. The number of hydrogen-bond donors (Lipinski definition) is 2. The number of hydrogen-bond acceptors (Lipinski definition) is 5. The molecule has 2 aromatic rings. The summed E-state index contributed by atoms with van der Waals surface area (Å²) in [6.45, 7) is 1.54. The number of nitro groups is 1. The van der Waals surface area contributed by atoms with Crippen LogP contribution < -0.4 is 15.4 Å². The summed E-state index contributed by atoms with van der Waals surface area (Å²) in [5.74, 6) is -0.682. The average Bonchev–Trinajstić information content (AvgIpc) is 2.60. The minimum Gasteiger partial charge on any atom is -0.495 e. The minimum absolute atomic E-state index is 0.103. The number of ether oxygens (including phenoxy) is 1. The summed E-state index contributed by atoms with van der Waals surface area (Å²) in [6, 6.07) is 10.8. The van der Waals surface area contributed by atoms with Crippen molar-refractivity contribution in [2.75, 3.05) is 19.0 Å². The summed E-state index contributed by atoms with van der Waals surface area (Å²) >= 11 is 0. The highest BCUT2D eigenvalue weighted by atomic mass is 16.6. The molecule has 0 atom stereocenters. The Morgan fingerprint density at radius 1 is 1.20 bits per heavy atom. The highest BCUT2D eigenvalue weighted by molar-refractivity contribution is 6.01. The number of methoxy groups -OCH3 is 1. The lowest BCUT2D eigenvalue weighted by Crippen LogP contribution is -2.33. The first-order chi connectivity index (χ1) is 11.9. The van der Waals surface area contributed by atoms with Crippen LogP contribution in [-0.4, -0.2) is 30.4 Å². The van der Waals surface area contributed by atoms with Gasteiger partial charge in [-0.3, -0.25) is 19.7 Å². The van der Waals surface area contributed by atoms with Gasteiger partial charge in [0.15, 0.2) is 0 Å². The number of amides is 2. The number of aryl methyl sites for hydroxylation is 1. The molecule has 2 rings (SSSR count). The highest BCUT2D eigenvalue weighted by Gasteiger charge is 2.19. The Balaban J connectivity index is 2.02. The zero-order valence-electron chi connectivity index (χ0n) is 13.7. The lowest BCUT2D eigenvalue weighted by molar-refractivity contribution is -0.385. The van der Waals surface area contributed by atoms with E-state index in [1.54, 1.807) is 12.1 Å². The maximum atomic E-state index is 12.1. The average molecular weight is 343 g/mol. The van der Waals surface area contributed by atoms with E-state index >= 15 is 0 Å². The molecule has 0 saturated carbocycles. The molecule has 0 spiro atoms. The summed E-state index contributed by atoms with van der Waals surface area (Å²) < 4.78 is 5.16. The third-order valence-electron chi connectivity index (χ3n) is 3.38. The number of carbonyl (C=O) groups excluding carboxylic acids is 2. The second kappa shape index (κ2) is 7.91. The maximum Gasteiger partial charge on any atom is 0.282 e. The van der Waals surface area contributed by atoms with Crippen molar-refractivity contribution in [2.24, 2.45) is 0 Å². The van der Waals surface area contributed by atoms with Gasteiger partial charge in [0.2, 0.25) is 5.91 Å². The molecule has 8 heteroatoms. The number of para-hydroxylation sites is 1. The van der Waals surface area contributed by atoms with Gasteiger partial charge in [0, 0.05) is 6.07 Å². The van der Waals surface area contributed by atoms with Gasteiger partial charge >= 0.3 is 0 Å². The number of benzene rings is 2. The number of nitrogens with zero attached hydrogens (tertiary/aromatic N) is 1. The fourth-order valence-electron chi connectivity index (χ4n) is 2.19. The van der Waals surface area contributed by atoms with E-state index in [0.29, 0.717) is 11.4 Å². The van der Waals surface area contributed by atoms with Gasteiger partial charge in [0.05, 0.1) is 24.3 Å². The van der Waals surface area contributed by atoms with Crippen molar-refractivity contribution in [3.63, 3.8) is 0 Å². The standard InChI is InChI=1S/C17H17N3O5/c1-11-7-8-15(25-2)13(9-11)19-16(21)10-18-17(22)12-5-3-4-6-14(12)20(23)24/h3-9H,10H2,1-2H3,(H,18,22)(H,19,21). The van der Waals surface area contributed by atoms with E-state index in [4.69, 9.17) is 4.74 Å². The van der Waals surface area contributed by atoms with Gasteiger partial charge in [0.25, 0.3) is 11.6 Å². The van der Waals surface area contributed by atoms with Crippen molar-refractivity contribution in [2.45, 2.75) is 6.92 Å². The second-order valence-electron chi connectivity index (χ2n) is 5.21. The maximum absolute atomic E-state index is 12.1. The minimum atomic E-state index is -0.696. The predicted molar refractivity (Wildman–Crippen MR) is 91.8 cm³/mol. The normalized spacial score (nSPS) is 10.0. The van der Waals surface area contributed by atoms with Crippen LogP contribution in [0.3, 0.4) is 0 Å². The molecule has 0 heterocycles. The molecule has 0 saturated heterocycles. The first-order valence-electron chi connectivity index (χ1n) is 7.38. The van der Waals surface area contributed by atoms with Gasteiger partial charge in [-0.2, -0.15) is 0 Å². The van der Waals surface area contributed by atoms with Gasteiger partial charge in [0.1, 0.15) is 11.3 Å². The van der Waals surface area contributed by atoms with E-state index in [1.807, 2.05) is 13.0 Å². The molecule has 130 valence electrons. The topological polar surface area (TPSA) is 111 Å². The third-order valence-corrected chi connectivity index (χ3v) is 3.38. The Labute approximate surface area is 144 Å². The Morgan fingerprint density at radius 3 is 2.60 bits per heavy atom. The molecule has 0 aromatic heterocycles. The monoisotopic (exact) mass is 343 g/mol. The number of nitro benzene ring substituents is 1. The Morgan fingerprint density at radius 2 is 1.92 bits per heavy atom. The van der Waals surface area contributed by atoms with E-state index in [9.17, 15) is 19.7 Å². The van der Waals surface area contributed by atoms with E-state index in [-0.39, 0.29) is 17.8 Å². The van der Waals surface area contributed by atoms with Crippen molar-refractivity contribution in [3.05, 3.63) is 63.7 Å². The molecule has 0 aliphatic carbocycles. The van der Waals surface area contributed by atoms with Crippen molar-refractivity contribution in [3.8, 4) is 5.75 Å². The van der Waals surface area contributed by atoms with Crippen molar-refractivity contribution in [1.29, 1.82) is 0 Å². The highest BCUT2D eigenvalue weighted by Crippen LogP contribution is 2.25. The molecule has 0 bridgehead atoms. The van der Waals surface area contributed by atoms with Crippen LogP contribution in [0.15, 0.2) is 42.5 Å². The van der Waals surface area contributed by atoms with Crippen LogP contribution in [-0.2, 0) is 4.79 Å². The van der Waals surface area contributed by atoms with Crippen LogP contribution in [0.4, 0.5) is 11.4 Å². The summed E-state index contributed by atoms with van der Waals surface area (Å²) in [5.41, 5.74) is 0.988.